The van der Waals surface area contributed by atoms with Crippen molar-refractivity contribution in [3.63, 3.8) is 0 Å². The van der Waals surface area contributed by atoms with Crippen molar-refractivity contribution in [1.29, 1.82) is 0 Å². The molecule has 6 nitrogen and oxygen atoms in total. The third-order valence-corrected chi connectivity index (χ3v) is 3.52. The lowest BCUT2D eigenvalue weighted by Gasteiger charge is -2.32. The van der Waals surface area contributed by atoms with Crippen LogP contribution in [0.25, 0.3) is 0 Å². The van der Waals surface area contributed by atoms with Crippen LogP contribution >= 0.6 is 0 Å². The van der Waals surface area contributed by atoms with Crippen LogP contribution in [-0.2, 0) is 4.79 Å². The van der Waals surface area contributed by atoms with Gasteiger partial charge in [0.15, 0.2) is 0 Å². The van der Waals surface area contributed by atoms with Crippen molar-refractivity contribution in [3.8, 4) is 0 Å². The molecule has 2 amide bonds. The van der Waals surface area contributed by atoms with Crippen molar-refractivity contribution >= 4 is 12.0 Å². The van der Waals surface area contributed by atoms with Gasteiger partial charge in [-0.2, -0.15) is 0 Å². The van der Waals surface area contributed by atoms with E-state index in [0.717, 1.165) is 25.7 Å². The summed E-state index contributed by atoms with van der Waals surface area (Å²) in [6.07, 6.45) is 3.87. The Bertz CT molecular complexity index is 339. The zero-order valence-electron chi connectivity index (χ0n) is 11.9. The second-order valence-corrected chi connectivity index (χ2v) is 6.31. The van der Waals surface area contributed by atoms with Crippen LogP contribution in [0, 0.1) is 5.41 Å². The van der Waals surface area contributed by atoms with E-state index in [1.807, 2.05) is 0 Å². The number of carboxylic acid groups (broad SMARTS) is 1. The fourth-order valence-electron chi connectivity index (χ4n) is 2.33. The molecule has 110 valence electrons. The van der Waals surface area contributed by atoms with E-state index in [1.54, 1.807) is 20.8 Å². The van der Waals surface area contributed by atoms with Crippen molar-refractivity contribution in [1.82, 2.24) is 10.6 Å². The monoisotopic (exact) mass is 271 g/mol. The number of nitrogens with two attached hydrogens (primary N) is 1. The fourth-order valence-corrected chi connectivity index (χ4v) is 2.33. The Morgan fingerprint density at radius 2 is 1.84 bits per heavy atom. The maximum absolute atomic E-state index is 11.9. The zero-order valence-corrected chi connectivity index (χ0v) is 11.9. The number of carbonyl (C=O) groups is 2. The van der Waals surface area contributed by atoms with Gasteiger partial charge in [0.25, 0.3) is 0 Å². The van der Waals surface area contributed by atoms with Gasteiger partial charge in [-0.05, 0) is 18.3 Å². The Balaban J connectivity index is 2.55. The molecule has 1 saturated carbocycles. The Morgan fingerprint density at radius 3 is 2.32 bits per heavy atom. The number of amides is 2. The van der Waals surface area contributed by atoms with E-state index in [2.05, 4.69) is 10.6 Å². The van der Waals surface area contributed by atoms with E-state index < -0.39 is 23.5 Å². The largest absolute Gasteiger partial charge is 0.480 e. The number of hydrogen-bond donors (Lipinski definition) is 4. The SMILES string of the molecule is CC(C)(C)[C@H](NC(=O)NC1CCCCC1N)C(=O)O. The molecular weight excluding hydrogens is 246 g/mol. The molecule has 1 aliphatic rings. The van der Waals surface area contributed by atoms with Crippen LogP contribution in [0.4, 0.5) is 4.79 Å². The van der Waals surface area contributed by atoms with Gasteiger partial charge in [0, 0.05) is 12.1 Å². The molecule has 0 aliphatic heterocycles. The molecule has 0 aromatic carbocycles. The van der Waals surface area contributed by atoms with E-state index in [4.69, 9.17) is 10.8 Å². The minimum absolute atomic E-state index is 0.0441. The summed E-state index contributed by atoms with van der Waals surface area (Å²) >= 11 is 0. The van der Waals surface area contributed by atoms with E-state index in [-0.39, 0.29) is 12.1 Å². The summed E-state index contributed by atoms with van der Waals surface area (Å²) in [5.74, 6) is -1.03. The van der Waals surface area contributed by atoms with Crippen molar-refractivity contribution in [2.75, 3.05) is 0 Å². The van der Waals surface area contributed by atoms with Crippen molar-refractivity contribution < 1.29 is 14.7 Å². The second kappa shape index (κ2) is 6.23. The molecule has 0 aromatic heterocycles. The van der Waals surface area contributed by atoms with E-state index in [9.17, 15) is 9.59 Å². The Morgan fingerprint density at radius 1 is 1.26 bits per heavy atom. The standard InChI is InChI=1S/C13H25N3O3/c1-13(2,3)10(11(17)18)16-12(19)15-9-7-5-4-6-8(9)14/h8-10H,4-7,14H2,1-3H3,(H,17,18)(H2,15,16,19)/t8?,9?,10-/m1/s1. The molecule has 1 rings (SSSR count). The molecule has 3 atom stereocenters. The summed E-state index contributed by atoms with van der Waals surface area (Å²) in [4.78, 5) is 23.0. The molecular formula is C13H25N3O3. The highest BCUT2D eigenvalue weighted by atomic mass is 16.4. The van der Waals surface area contributed by atoms with E-state index in [0.29, 0.717) is 0 Å². The van der Waals surface area contributed by atoms with Crippen molar-refractivity contribution in [2.45, 2.75) is 64.6 Å². The van der Waals surface area contributed by atoms with Crippen LogP contribution in [0.15, 0.2) is 0 Å². The molecule has 1 aliphatic carbocycles. The molecule has 0 aromatic rings. The summed E-state index contributed by atoms with van der Waals surface area (Å²) in [6, 6.07) is -1.49. The summed E-state index contributed by atoms with van der Waals surface area (Å²) in [5, 5.41) is 14.5. The van der Waals surface area contributed by atoms with Gasteiger partial charge in [-0.25, -0.2) is 9.59 Å². The lowest BCUT2D eigenvalue weighted by molar-refractivity contribution is -0.141. The topological polar surface area (TPSA) is 104 Å². The smallest absolute Gasteiger partial charge is 0.326 e. The number of nitrogens with one attached hydrogen (secondary N) is 2. The number of urea groups is 1. The lowest BCUT2D eigenvalue weighted by Crippen LogP contribution is -2.57. The third-order valence-electron chi connectivity index (χ3n) is 3.52. The average Bonchev–Trinajstić information content (AvgIpc) is 2.27. The highest BCUT2D eigenvalue weighted by molar-refractivity contribution is 5.83. The third kappa shape index (κ3) is 4.70. The molecule has 6 heteroatoms. The first-order chi connectivity index (χ1) is 8.71. The number of rotatable bonds is 3. The average molecular weight is 271 g/mol. The fraction of sp³-hybridized carbons (Fsp3) is 0.846. The lowest BCUT2D eigenvalue weighted by atomic mass is 9.87. The number of carbonyl (C=O) groups excluding carboxylic acids is 1. The Kier molecular flexibility index (Phi) is 5.17. The first-order valence-electron chi connectivity index (χ1n) is 6.77. The molecule has 2 unspecified atom stereocenters. The summed E-state index contributed by atoms with van der Waals surface area (Å²) in [5.41, 5.74) is 5.40. The quantitative estimate of drug-likeness (QED) is 0.616. The predicted octanol–water partition coefficient (Wildman–Crippen LogP) is 1.05. The summed E-state index contributed by atoms with van der Waals surface area (Å²) in [6.45, 7) is 5.33. The van der Waals surface area contributed by atoms with Gasteiger partial charge < -0.3 is 21.5 Å². The molecule has 0 spiro atoms. The van der Waals surface area contributed by atoms with E-state index >= 15 is 0 Å². The number of aliphatic carboxylic acids is 1. The minimum atomic E-state index is -1.03. The molecule has 0 saturated heterocycles. The maximum Gasteiger partial charge on any atom is 0.326 e. The molecule has 0 radical (unpaired) electrons. The van der Waals surface area contributed by atoms with Crippen LogP contribution in [-0.4, -0.2) is 35.2 Å². The van der Waals surface area contributed by atoms with Gasteiger partial charge in [0.05, 0.1) is 0 Å². The van der Waals surface area contributed by atoms with Crippen LogP contribution < -0.4 is 16.4 Å². The molecule has 0 bridgehead atoms. The summed E-state index contributed by atoms with van der Waals surface area (Å²) in [7, 11) is 0. The number of hydrogen-bond acceptors (Lipinski definition) is 3. The van der Waals surface area contributed by atoms with Crippen LogP contribution in [0.3, 0.4) is 0 Å². The Hall–Kier alpha value is -1.30. The van der Waals surface area contributed by atoms with Gasteiger partial charge in [-0.15, -0.1) is 0 Å². The first-order valence-corrected chi connectivity index (χ1v) is 6.77. The van der Waals surface area contributed by atoms with E-state index in [1.165, 1.54) is 0 Å². The van der Waals surface area contributed by atoms with Crippen molar-refractivity contribution in [2.24, 2.45) is 11.1 Å². The molecule has 1 fully saturated rings. The van der Waals surface area contributed by atoms with Crippen LogP contribution in [0.2, 0.25) is 0 Å². The minimum Gasteiger partial charge on any atom is -0.480 e. The van der Waals surface area contributed by atoms with Gasteiger partial charge >= 0.3 is 12.0 Å². The van der Waals surface area contributed by atoms with Gasteiger partial charge in [0.1, 0.15) is 6.04 Å². The van der Waals surface area contributed by atoms with Crippen LogP contribution in [0.5, 0.6) is 0 Å². The molecule has 0 heterocycles. The highest BCUT2D eigenvalue weighted by Crippen LogP contribution is 2.20. The van der Waals surface area contributed by atoms with Gasteiger partial charge in [-0.1, -0.05) is 33.6 Å². The van der Waals surface area contributed by atoms with Gasteiger partial charge in [0.2, 0.25) is 0 Å². The highest BCUT2D eigenvalue weighted by Gasteiger charge is 2.33. The summed E-state index contributed by atoms with van der Waals surface area (Å²) < 4.78 is 0. The zero-order chi connectivity index (χ0) is 14.6. The predicted molar refractivity (Wildman–Crippen MR) is 72.8 cm³/mol. The Labute approximate surface area is 114 Å². The van der Waals surface area contributed by atoms with Crippen LogP contribution in [0.1, 0.15) is 46.5 Å². The number of carboxylic acids is 1. The first kappa shape index (κ1) is 15.8. The molecule has 19 heavy (non-hydrogen) atoms. The second-order valence-electron chi connectivity index (χ2n) is 6.31. The molecule has 5 N–H and O–H groups in total. The normalized spacial score (nSPS) is 25.5. The van der Waals surface area contributed by atoms with Gasteiger partial charge in [-0.3, -0.25) is 0 Å². The van der Waals surface area contributed by atoms with Crippen molar-refractivity contribution in [3.05, 3.63) is 0 Å². The maximum atomic E-state index is 11.9.